The number of anilines is 1. The summed E-state index contributed by atoms with van der Waals surface area (Å²) in [4.78, 5) is 19.6. The summed E-state index contributed by atoms with van der Waals surface area (Å²) < 4.78 is 2.01. The van der Waals surface area contributed by atoms with Crippen LogP contribution in [0.1, 0.15) is 48.9 Å². The molecule has 0 bridgehead atoms. The predicted octanol–water partition coefficient (Wildman–Crippen LogP) is 1.57. The van der Waals surface area contributed by atoms with Gasteiger partial charge in [0.15, 0.2) is 0 Å². The van der Waals surface area contributed by atoms with Crippen LogP contribution in [0.5, 0.6) is 0 Å². The van der Waals surface area contributed by atoms with Crippen LogP contribution in [-0.2, 0) is 7.05 Å². The molecule has 2 aliphatic rings. The van der Waals surface area contributed by atoms with Crippen LogP contribution in [0.3, 0.4) is 0 Å². The lowest BCUT2D eigenvalue weighted by Gasteiger charge is -2.36. The van der Waals surface area contributed by atoms with Crippen LogP contribution in [0.25, 0.3) is 11.0 Å². The van der Waals surface area contributed by atoms with Crippen molar-refractivity contribution in [3.63, 3.8) is 0 Å². The Morgan fingerprint density at radius 2 is 2.11 bits per heavy atom. The maximum Gasteiger partial charge on any atom is 0.251 e. The van der Waals surface area contributed by atoms with Gasteiger partial charge in [-0.2, -0.15) is 0 Å². The molecule has 1 amide bonds. The molecule has 0 spiro atoms. The SMILES string of the molecule is Cn1c(N2CC[C@H](O)C2)nc2cc(C(=O)NC3(CO)CCCCC3)ccc21. The zero-order valence-electron chi connectivity index (χ0n) is 15.8. The quantitative estimate of drug-likeness (QED) is 0.758. The smallest absolute Gasteiger partial charge is 0.251 e. The Balaban J connectivity index is 1.58. The van der Waals surface area contributed by atoms with Gasteiger partial charge in [0.2, 0.25) is 5.95 Å². The molecule has 1 atom stereocenters. The average molecular weight is 372 g/mol. The molecule has 27 heavy (non-hydrogen) atoms. The third-order valence-corrected chi connectivity index (χ3v) is 6.06. The van der Waals surface area contributed by atoms with Gasteiger partial charge in [0.05, 0.1) is 29.3 Å². The molecule has 1 aromatic carbocycles. The van der Waals surface area contributed by atoms with Gasteiger partial charge >= 0.3 is 0 Å². The molecule has 1 aliphatic carbocycles. The molecule has 0 unspecified atom stereocenters. The Kier molecular flexibility index (Phi) is 4.82. The highest BCUT2D eigenvalue weighted by Crippen LogP contribution is 2.29. The Hall–Kier alpha value is -2.12. The lowest BCUT2D eigenvalue weighted by atomic mass is 9.82. The maximum atomic E-state index is 12.8. The first-order valence-corrected chi connectivity index (χ1v) is 9.84. The van der Waals surface area contributed by atoms with E-state index in [0.717, 1.165) is 62.1 Å². The number of amides is 1. The number of rotatable bonds is 4. The van der Waals surface area contributed by atoms with Gasteiger partial charge in [0, 0.05) is 25.7 Å². The molecule has 7 nitrogen and oxygen atoms in total. The summed E-state index contributed by atoms with van der Waals surface area (Å²) in [6, 6.07) is 5.55. The number of imidazole rings is 1. The molecule has 1 aliphatic heterocycles. The second kappa shape index (κ2) is 7.13. The minimum absolute atomic E-state index is 0.0218. The molecule has 4 rings (SSSR count). The third kappa shape index (κ3) is 3.41. The number of β-amino-alcohol motifs (C(OH)–C–C–N with tert-alkyl or cyclic N) is 1. The summed E-state index contributed by atoms with van der Waals surface area (Å²) in [6.45, 7) is 1.35. The van der Waals surface area contributed by atoms with E-state index in [2.05, 4.69) is 10.2 Å². The van der Waals surface area contributed by atoms with Crippen LogP contribution >= 0.6 is 0 Å². The number of fused-ring (bicyclic) bond motifs is 1. The highest BCUT2D eigenvalue weighted by atomic mass is 16.3. The topological polar surface area (TPSA) is 90.6 Å². The van der Waals surface area contributed by atoms with Crippen LogP contribution in [0, 0.1) is 0 Å². The largest absolute Gasteiger partial charge is 0.394 e. The number of nitrogens with one attached hydrogen (secondary N) is 1. The highest BCUT2D eigenvalue weighted by Gasteiger charge is 2.33. The molecule has 2 fully saturated rings. The molecule has 146 valence electrons. The number of hydrogen-bond donors (Lipinski definition) is 3. The van der Waals surface area contributed by atoms with E-state index in [1.165, 1.54) is 0 Å². The number of nitrogens with zero attached hydrogens (tertiary/aromatic N) is 3. The van der Waals surface area contributed by atoms with Crippen LogP contribution < -0.4 is 10.2 Å². The second-order valence-corrected chi connectivity index (χ2v) is 8.02. The average Bonchev–Trinajstić information content (AvgIpc) is 3.25. The number of aryl methyl sites for hydroxylation is 1. The van der Waals surface area contributed by atoms with Gasteiger partial charge in [-0.25, -0.2) is 4.98 Å². The van der Waals surface area contributed by atoms with Crippen LogP contribution in [0.2, 0.25) is 0 Å². The van der Waals surface area contributed by atoms with E-state index in [0.29, 0.717) is 12.1 Å². The summed E-state index contributed by atoms with van der Waals surface area (Å²) in [5.41, 5.74) is 1.79. The molecule has 1 aromatic heterocycles. The zero-order valence-corrected chi connectivity index (χ0v) is 15.8. The molecular weight excluding hydrogens is 344 g/mol. The number of aliphatic hydroxyl groups excluding tert-OH is 2. The van der Waals surface area contributed by atoms with Crippen molar-refractivity contribution >= 4 is 22.9 Å². The van der Waals surface area contributed by atoms with Gasteiger partial charge < -0.3 is 25.0 Å². The van der Waals surface area contributed by atoms with Crippen molar-refractivity contribution in [2.45, 2.75) is 50.2 Å². The van der Waals surface area contributed by atoms with Crippen molar-refractivity contribution in [1.82, 2.24) is 14.9 Å². The van der Waals surface area contributed by atoms with E-state index < -0.39 is 5.54 Å². The van der Waals surface area contributed by atoms with Gasteiger partial charge in [0.1, 0.15) is 0 Å². The molecule has 2 aromatic rings. The van der Waals surface area contributed by atoms with E-state index in [-0.39, 0.29) is 18.6 Å². The molecule has 2 heterocycles. The lowest BCUT2D eigenvalue weighted by Crippen LogP contribution is -2.52. The summed E-state index contributed by atoms with van der Waals surface area (Å²) in [6.07, 6.45) is 5.31. The van der Waals surface area contributed by atoms with Gasteiger partial charge in [0.25, 0.3) is 5.91 Å². The van der Waals surface area contributed by atoms with Crippen LogP contribution in [-0.4, -0.2) is 57.0 Å². The van der Waals surface area contributed by atoms with Gasteiger partial charge in [-0.05, 0) is 37.5 Å². The van der Waals surface area contributed by atoms with Gasteiger partial charge in [-0.15, -0.1) is 0 Å². The minimum atomic E-state index is -0.495. The van der Waals surface area contributed by atoms with Crippen LogP contribution in [0.15, 0.2) is 18.2 Å². The Morgan fingerprint density at radius 1 is 1.33 bits per heavy atom. The minimum Gasteiger partial charge on any atom is -0.394 e. The van der Waals surface area contributed by atoms with E-state index in [9.17, 15) is 15.0 Å². The predicted molar refractivity (Wildman–Crippen MR) is 104 cm³/mol. The summed E-state index contributed by atoms with van der Waals surface area (Å²) >= 11 is 0. The second-order valence-electron chi connectivity index (χ2n) is 8.02. The van der Waals surface area contributed by atoms with E-state index in [1.807, 2.05) is 29.8 Å². The maximum absolute atomic E-state index is 12.8. The number of benzene rings is 1. The Bertz CT molecular complexity index is 841. The van der Waals surface area contributed by atoms with E-state index in [4.69, 9.17) is 4.98 Å². The summed E-state index contributed by atoms with van der Waals surface area (Å²) in [5, 5.41) is 22.7. The third-order valence-electron chi connectivity index (χ3n) is 6.06. The first-order chi connectivity index (χ1) is 13.0. The molecule has 1 saturated carbocycles. The number of hydrogen-bond acceptors (Lipinski definition) is 5. The van der Waals surface area contributed by atoms with Crippen molar-refractivity contribution < 1.29 is 15.0 Å². The Morgan fingerprint density at radius 3 is 2.78 bits per heavy atom. The number of carbonyl (C=O) groups excluding carboxylic acids is 1. The van der Waals surface area contributed by atoms with E-state index in [1.54, 1.807) is 0 Å². The van der Waals surface area contributed by atoms with Crippen molar-refractivity contribution in [2.24, 2.45) is 7.05 Å². The van der Waals surface area contributed by atoms with Crippen LogP contribution in [0.4, 0.5) is 5.95 Å². The highest BCUT2D eigenvalue weighted by molar-refractivity contribution is 5.98. The number of aliphatic hydroxyl groups is 2. The summed E-state index contributed by atoms with van der Waals surface area (Å²) in [7, 11) is 1.96. The summed E-state index contributed by atoms with van der Waals surface area (Å²) in [5.74, 6) is 0.662. The fraction of sp³-hybridized carbons (Fsp3) is 0.600. The first-order valence-electron chi connectivity index (χ1n) is 9.84. The number of carbonyl (C=O) groups is 1. The Labute approximate surface area is 159 Å². The van der Waals surface area contributed by atoms with Crippen molar-refractivity contribution in [2.75, 3.05) is 24.6 Å². The number of aromatic nitrogens is 2. The zero-order chi connectivity index (χ0) is 19.0. The first kappa shape index (κ1) is 18.3. The van der Waals surface area contributed by atoms with Crippen molar-refractivity contribution in [1.29, 1.82) is 0 Å². The van der Waals surface area contributed by atoms with Gasteiger partial charge in [-0.1, -0.05) is 19.3 Å². The fourth-order valence-corrected chi connectivity index (χ4v) is 4.40. The fourth-order valence-electron chi connectivity index (χ4n) is 4.40. The molecular formula is C20H28N4O3. The monoisotopic (exact) mass is 372 g/mol. The standard InChI is InChI=1S/C20H28N4O3/c1-23-17-6-5-14(18(27)22-20(13-25)8-3-2-4-9-20)11-16(17)21-19(23)24-10-7-15(26)12-24/h5-6,11,15,25-26H,2-4,7-10,12-13H2,1H3,(H,22,27)/t15-/m0/s1. The van der Waals surface area contributed by atoms with Crippen molar-refractivity contribution in [3.05, 3.63) is 23.8 Å². The van der Waals surface area contributed by atoms with E-state index >= 15 is 0 Å². The molecule has 7 heteroatoms. The molecule has 0 radical (unpaired) electrons. The van der Waals surface area contributed by atoms with Gasteiger partial charge in [-0.3, -0.25) is 4.79 Å². The van der Waals surface area contributed by atoms with Crippen molar-refractivity contribution in [3.8, 4) is 0 Å². The normalized spacial score (nSPS) is 22.3. The lowest BCUT2D eigenvalue weighted by molar-refractivity contribution is 0.0758. The molecule has 1 saturated heterocycles. The molecule has 3 N–H and O–H groups in total.